The highest BCUT2D eigenvalue weighted by Gasteiger charge is 2.44. The number of carboxylic acids is 1. The molecule has 7 heteroatoms. The highest BCUT2D eigenvalue weighted by molar-refractivity contribution is 5.76. The second-order valence-electron chi connectivity index (χ2n) is 6.41. The van der Waals surface area contributed by atoms with Crippen molar-refractivity contribution in [3.05, 3.63) is 24.2 Å². The number of furan rings is 1. The highest BCUT2D eigenvalue weighted by atomic mass is 16.6. The topological polar surface area (TPSA) is 106 Å². The maximum atomic E-state index is 12.2. The summed E-state index contributed by atoms with van der Waals surface area (Å²) in [5.41, 5.74) is 5.51. The van der Waals surface area contributed by atoms with E-state index in [9.17, 15) is 14.7 Å². The Balaban J connectivity index is 2.14. The number of hydrogen-bond acceptors (Lipinski definition) is 6. The van der Waals surface area contributed by atoms with E-state index in [1.165, 1.54) is 6.26 Å². The molecule has 0 aliphatic carbocycles. The predicted octanol–water partition coefficient (Wildman–Crippen LogP) is 1.35. The van der Waals surface area contributed by atoms with Crippen molar-refractivity contribution in [3.63, 3.8) is 0 Å². The zero-order valence-electron chi connectivity index (χ0n) is 13.0. The molecule has 2 rings (SSSR count). The lowest BCUT2D eigenvalue weighted by Crippen LogP contribution is -2.47. The van der Waals surface area contributed by atoms with E-state index in [0.717, 1.165) is 0 Å². The number of likely N-dealkylation sites (tertiary alicyclic amines) is 1. The van der Waals surface area contributed by atoms with Gasteiger partial charge in [0.2, 0.25) is 0 Å². The van der Waals surface area contributed by atoms with Crippen LogP contribution in [0.2, 0.25) is 0 Å². The van der Waals surface area contributed by atoms with Crippen LogP contribution < -0.4 is 5.73 Å². The van der Waals surface area contributed by atoms with Crippen LogP contribution in [0.15, 0.2) is 22.8 Å². The van der Waals surface area contributed by atoms with Crippen molar-refractivity contribution in [3.8, 4) is 0 Å². The molecule has 3 atom stereocenters. The number of hydrogen-bond donors (Lipinski definition) is 2. The number of nitrogens with zero attached hydrogens (tertiary/aromatic N) is 1. The van der Waals surface area contributed by atoms with Crippen molar-refractivity contribution in [2.75, 3.05) is 6.54 Å². The van der Waals surface area contributed by atoms with E-state index in [2.05, 4.69) is 0 Å². The summed E-state index contributed by atoms with van der Waals surface area (Å²) in [7, 11) is 0. The summed E-state index contributed by atoms with van der Waals surface area (Å²) in [5.74, 6) is -1.70. The number of ether oxygens (including phenoxy) is 1. The van der Waals surface area contributed by atoms with E-state index in [-0.39, 0.29) is 0 Å². The maximum Gasteiger partial charge on any atom is 0.328 e. The minimum Gasteiger partial charge on any atom is -0.480 e. The first-order valence-corrected chi connectivity index (χ1v) is 7.21. The SMILES string of the molecule is CC(C)(C)OC(=O)[C@@H]1CCN([C@@H](C(=O)O)c2ccco2)[C@H]1N. The van der Waals surface area contributed by atoms with Gasteiger partial charge in [-0.1, -0.05) is 0 Å². The summed E-state index contributed by atoms with van der Waals surface area (Å²) in [6, 6.07) is 2.21. The van der Waals surface area contributed by atoms with E-state index < -0.39 is 35.7 Å². The van der Waals surface area contributed by atoms with E-state index >= 15 is 0 Å². The first kappa shape index (κ1) is 16.5. The molecular formula is C15H22N2O5. The van der Waals surface area contributed by atoms with Crippen molar-refractivity contribution >= 4 is 11.9 Å². The molecule has 0 unspecified atom stereocenters. The lowest BCUT2D eigenvalue weighted by atomic mass is 10.1. The molecule has 0 radical (unpaired) electrons. The lowest BCUT2D eigenvalue weighted by molar-refractivity contribution is -0.161. The van der Waals surface area contributed by atoms with Gasteiger partial charge in [-0.05, 0) is 39.3 Å². The van der Waals surface area contributed by atoms with Gasteiger partial charge in [0.15, 0.2) is 6.04 Å². The summed E-state index contributed by atoms with van der Waals surface area (Å²) in [4.78, 5) is 25.3. The Morgan fingerprint density at radius 1 is 1.50 bits per heavy atom. The second kappa shape index (κ2) is 6.10. The molecule has 0 aromatic carbocycles. The van der Waals surface area contributed by atoms with Crippen LogP contribution in [-0.4, -0.2) is 40.3 Å². The Kier molecular flexibility index (Phi) is 4.58. The van der Waals surface area contributed by atoms with Gasteiger partial charge < -0.3 is 20.0 Å². The van der Waals surface area contributed by atoms with Crippen molar-refractivity contribution < 1.29 is 23.8 Å². The maximum absolute atomic E-state index is 12.2. The number of aliphatic carboxylic acids is 1. The first-order valence-electron chi connectivity index (χ1n) is 7.21. The van der Waals surface area contributed by atoms with Gasteiger partial charge in [0.05, 0.1) is 18.3 Å². The fraction of sp³-hybridized carbons (Fsp3) is 0.600. The molecule has 1 aromatic heterocycles. The van der Waals surface area contributed by atoms with Crippen LogP contribution >= 0.6 is 0 Å². The molecule has 122 valence electrons. The fourth-order valence-corrected chi connectivity index (χ4v) is 2.65. The van der Waals surface area contributed by atoms with Crippen molar-refractivity contribution in [2.24, 2.45) is 11.7 Å². The highest BCUT2D eigenvalue weighted by Crippen LogP contribution is 2.32. The van der Waals surface area contributed by atoms with Crippen molar-refractivity contribution in [1.29, 1.82) is 0 Å². The molecule has 3 N–H and O–H groups in total. The van der Waals surface area contributed by atoms with Crippen LogP contribution in [0.25, 0.3) is 0 Å². The number of esters is 1. The van der Waals surface area contributed by atoms with Gasteiger partial charge in [0, 0.05) is 6.54 Å². The van der Waals surface area contributed by atoms with Gasteiger partial charge in [-0.25, -0.2) is 0 Å². The summed E-state index contributed by atoms with van der Waals surface area (Å²) in [6.07, 6.45) is 1.15. The molecule has 7 nitrogen and oxygen atoms in total. The molecule has 0 amide bonds. The third kappa shape index (κ3) is 3.48. The Morgan fingerprint density at radius 3 is 2.68 bits per heavy atom. The molecule has 0 spiro atoms. The Hall–Kier alpha value is -1.86. The van der Waals surface area contributed by atoms with Gasteiger partial charge in [-0.2, -0.15) is 0 Å². The summed E-state index contributed by atoms with van der Waals surface area (Å²) >= 11 is 0. The first-order chi connectivity index (χ1) is 10.2. The summed E-state index contributed by atoms with van der Waals surface area (Å²) in [5, 5.41) is 9.46. The van der Waals surface area contributed by atoms with Gasteiger partial charge in [0.25, 0.3) is 0 Å². The molecular weight excluding hydrogens is 288 g/mol. The summed E-state index contributed by atoms with van der Waals surface area (Å²) in [6.45, 7) is 5.74. The Bertz CT molecular complexity index is 535. The quantitative estimate of drug-likeness (QED) is 0.808. The van der Waals surface area contributed by atoms with Crippen LogP contribution in [0.4, 0.5) is 0 Å². The Morgan fingerprint density at radius 2 is 2.18 bits per heavy atom. The van der Waals surface area contributed by atoms with Crippen molar-refractivity contribution in [1.82, 2.24) is 4.90 Å². The van der Waals surface area contributed by atoms with Crippen LogP contribution in [0, 0.1) is 5.92 Å². The van der Waals surface area contributed by atoms with Gasteiger partial charge in [-0.3, -0.25) is 14.5 Å². The zero-order chi connectivity index (χ0) is 16.5. The van der Waals surface area contributed by atoms with Gasteiger partial charge >= 0.3 is 11.9 Å². The molecule has 1 saturated heterocycles. The van der Waals surface area contributed by atoms with Gasteiger partial charge in [-0.15, -0.1) is 0 Å². The number of rotatable bonds is 4. The molecule has 1 aromatic rings. The average Bonchev–Trinajstić information content (AvgIpc) is 2.99. The third-order valence-corrected chi connectivity index (χ3v) is 3.58. The van der Waals surface area contributed by atoms with Crippen LogP contribution in [0.5, 0.6) is 0 Å². The van der Waals surface area contributed by atoms with Crippen LogP contribution in [0.1, 0.15) is 39.0 Å². The summed E-state index contributed by atoms with van der Waals surface area (Å²) < 4.78 is 10.6. The van der Waals surface area contributed by atoms with E-state index in [1.54, 1.807) is 37.8 Å². The second-order valence-corrected chi connectivity index (χ2v) is 6.41. The molecule has 1 aliphatic rings. The van der Waals surface area contributed by atoms with Crippen LogP contribution in [0.3, 0.4) is 0 Å². The average molecular weight is 310 g/mol. The standard InChI is InChI=1S/C15H22N2O5/c1-15(2,3)22-14(20)9-6-7-17(12(9)16)11(13(18)19)10-5-4-8-21-10/h4-5,8-9,11-12H,6-7,16H2,1-3H3,(H,18,19)/t9-,11-,12-/m1/s1. The minimum atomic E-state index is -1.06. The minimum absolute atomic E-state index is 0.299. The van der Waals surface area contributed by atoms with Gasteiger partial charge in [0.1, 0.15) is 11.4 Å². The molecule has 0 saturated carbocycles. The number of carbonyl (C=O) groups excluding carboxylic acids is 1. The van der Waals surface area contributed by atoms with E-state index in [0.29, 0.717) is 18.7 Å². The smallest absolute Gasteiger partial charge is 0.328 e. The van der Waals surface area contributed by atoms with E-state index in [4.69, 9.17) is 14.9 Å². The van der Waals surface area contributed by atoms with Crippen LogP contribution in [-0.2, 0) is 14.3 Å². The normalized spacial score (nSPS) is 24.2. The number of carboxylic acid groups (broad SMARTS) is 1. The molecule has 1 aliphatic heterocycles. The van der Waals surface area contributed by atoms with Crippen molar-refractivity contribution in [2.45, 2.75) is 45.0 Å². The zero-order valence-corrected chi connectivity index (χ0v) is 13.0. The monoisotopic (exact) mass is 310 g/mol. The molecule has 2 heterocycles. The van der Waals surface area contributed by atoms with E-state index in [1.807, 2.05) is 0 Å². The largest absolute Gasteiger partial charge is 0.480 e. The third-order valence-electron chi connectivity index (χ3n) is 3.58. The Labute approximate surface area is 129 Å². The lowest BCUT2D eigenvalue weighted by Gasteiger charge is -2.29. The molecule has 22 heavy (non-hydrogen) atoms. The number of carbonyl (C=O) groups is 2. The fourth-order valence-electron chi connectivity index (χ4n) is 2.65. The number of nitrogens with two attached hydrogens (primary N) is 1. The predicted molar refractivity (Wildman–Crippen MR) is 77.7 cm³/mol. The molecule has 0 bridgehead atoms. The molecule has 1 fully saturated rings.